The normalized spacial score (nSPS) is 14.7. The second-order valence-electron chi connectivity index (χ2n) is 4.65. The summed E-state index contributed by atoms with van der Waals surface area (Å²) in [6.07, 6.45) is 2.70. The lowest BCUT2D eigenvalue weighted by molar-refractivity contribution is 0.426. The maximum atomic E-state index is 13.1. The van der Waals surface area contributed by atoms with E-state index in [1.807, 2.05) is 6.92 Å². The topological polar surface area (TPSA) is 0 Å². The van der Waals surface area contributed by atoms with Gasteiger partial charge in [-0.05, 0) is 42.4 Å². The highest BCUT2D eigenvalue weighted by Crippen LogP contribution is 2.30. The third-order valence-corrected chi connectivity index (χ3v) is 3.35. The SMILES string of the molecule is CCC(C)CC(CC)c1cc(F)c(F)c(F)c1. The highest BCUT2D eigenvalue weighted by atomic mass is 19.2. The van der Waals surface area contributed by atoms with Crippen molar-refractivity contribution in [2.45, 2.75) is 46.0 Å². The minimum Gasteiger partial charge on any atom is -0.204 e. The highest BCUT2D eigenvalue weighted by molar-refractivity contribution is 5.23. The van der Waals surface area contributed by atoms with Crippen LogP contribution in [0, 0.1) is 23.4 Å². The van der Waals surface area contributed by atoms with Gasteiger partial charge in [0.05, 0.1) is 0 Å². The Balaban J connectivity index is 2.96. The Morgan fingerprint density at radius 2 is 1.53 bits per heavy atom. The van der Waals surface area contributed by atoms with Crippen LogP contribution in [0.3, 0.4) is 0 Å². The Bertz CT molecular complexity index is 351. The maximum absolute atomic E-state index is 13.1. The Labute approximate surface area is 101 Å². The number of hydrogen-bond acceptors (Lipinski definition) is 0. The quantitative estimate of drug-likeness (QED) is 0.637. The van der Waals surface area contributed by atoms with Crippen molar-refractivity contribution in [3.05, 3.63) is 35.1 Å². The summed E-state index contributed by atoms with van der Waals surface area (Å²) in [5.41, 5.74) is 0.559. The number of benzene rings is 1. The molecule has 0 aliphatic carbocycles. The number of hydrogen-bond donors (Lipinski definition) is 0. The second-order valence-corrected chi connectivity index (χ2v) is 4.65. The van der Waals surface area contributed by atoms with Crippen LogP contribution >= 0.6 is 0 Å². The van der Waals surface area contributed by atoms with Crippen molar-refractivity contribution in [1.29, 1.82) is 0 Å². The number of halogens is 3. The van der Waals surface area contributed by atoms with E-state index >= 15 is 0 Å². The fourth-order valence-electron chi connectivity index (χ4n) is 2.00. The lowest BCUT2D eigenvalue weighted by atomic mass is 9.86. The standard InChI is InChI=1S/C14H19F3/c1-4-9(3)6-10(5-2)11-7-12(15)14(17)13(16)8-11/h7-10H,4-6H2,1-3H3. The second kappa shape index (κ2) is 6.08. The van der Waals surface area contributed by atoms with Crippen LogP contribution in [0.2, 0.25) is 0 Å². The monoisotopic (exact) mass is 244 g/mol. The van der Waals surface area contributed by atoms with Gasteiger partial charge in [0.25, 0.3) is 0 Å². The van der Waals surface area contributed by atoms with Crippen LogP contribution < -0.4 is 0 Å². The molecule has 0 spiro atoms. The molecule has 0 amide bonds. The summed E-state index contributed by atoms with van der Waals surface area (Å²) in [7, 11) is 0. The molecule has 17 heavy (non-hydrogen) atoms. The molecule has 0 aliphatic rings. The highest BCUT2D eigenvalue weighted by Gasteiger charge is 2.17. The molecule has 1 rings (SSSR count). The van der Waals surface area contributed by atoms with Gasteiger partial charge in [-0.2, -0.15) is 0 Å². The molecule has 0 radical (unpaired) electrons. The molecule has 0 aliphatic heterocycles. The van der Waals surface area contributed by atoms with Crippen LogP contribution in [0.4, 0.5) is 13.2 Å². The molecule has 0 aromatic heterocycles. The van der Waals surface area contributed by atoms with Crippen molar-refractivity contribution in [1.82, 2.24) is 0 Å². The molecule has 0 saturated heterocycles. The third kappa shape index (κ3) is 3.48. The molecular formula is C14H19F3. The summed E-state index contributed by atoms with van der Waals surface area (Å²) >= 11 is 0. The van der Waals surface area contributed by atoms with Gasteiger partial charge in [-0.15, -0.1) is 0 Å². The molecule has 0 saturated carbocycles. The Morgan fingerprint density at radius 1 is 1.00 bits per heavy atom. The largest absolute Gasteiger partial charge is 0.204 e. The van der Waals surface area contributed by atoms with Crippen molar-refractivity contribution < 1.29 is 13.2 Å². The predicted molar refractivity (Wildman–Crippen MR) is 63.4 cm³/mol. The summed E-state index contributed by atoms with van der Waals surface area (Å²) in [6.45, 7) is 6.17. The first kappa shape index (κ1) is 14.1. The fourth-order valence-corrected chi connectivity index (χ4v) is 2.00. The molecule has 0 N–H and O–H groups in total. The van der Waals surface area contributed by atoms with E-state index < -0.39 is 17.5 Å². The lowest BCUT2D eigenvalue weighted by Crippen LogP contribution is -2.06. The van der Waals surface area contributed by atoms with Crippen molar-refractivity contribution in [2.24, 2.45) is 5.92 Å². The molecule has 2 atom stereocenters. The van der Waals surface area contributed by atoms with Crippen LogP contribution in [0.1, 0.15) is 51.5 Å². The minimum absolute atomic E-state index is 0.0922. The fraction of sp³-hybridized carbons (Fsp3) is 0.571. The first-order valence-electron chi connectivity index (χ1n) is 6.13. The zero-order valence-corrected chi connectivity index (χ0v) is 10.6. The number of rotatable bonds is 5. The van der Waals surface area contributed by atoms with E-state index in [1.54, 1.807) is 0 Å². The molecular weight excluding hydrogens is 225 g/mol. The van der Waals surface area contributed by atoms with E-state index in [4.69, 9.17) is 0 Å². The molecule has 96 valence electrons. The van der Waals surface area contributed by atoms with E-state index in [-0.39, 0.29) is 5.92 Å². The Kier molecular flexibility index (Phi) is 5.03. The van der Waals surface area contributed by atoms with Gasteiger partial charge in [0.1, 0.15) is 0 Å². The van der Waals surface area contributed by atoms with E-state index in [2.05, 4.69) is 13.8 Å². The van der Waals surface area contributed by atoms with Gasteiger partial charge in [0, 0.05) is 0 Å². The summed E-state index contributed by atoms with van der Waals surface area (Å²) in [5.74, 6) is -2.98. The van der Waals surface area contributed by atoms with Gasteiger partial charge in [-0.25, -0.2) is 13.2 Å². The summed E-state index contributed by atoms with van der Waals surface area (Å²) in [6, 6.07) is 2.24. The summed E-state index contributed by atoms with van der Waals surface area (Å²) in [5, 5.41) is 0. The van der Waals surface area contributed by atoms with Crippen LogP contribution in [0.25, 0.3) is 0 Å². The van der Waals surface area contributed by atoms with E-state index in [9.17, 15) is 13.2 Å². The van der Waals surface area contributed by atoms with Crippen LogP contribution in [0.15, 0.2) is 12.1 Å². The average Bonchev–Trinajstić information content (AvgIpc) is 2.31. The van der Waals surface area contributed by atoms with E-state index in [0.717, 1.165) is 31.4 Å². The lowest BCUT2D eigenvalue weighted by Gasteiger charge is -2.19. The van der Waals surface area contributed by atoms with Crippen molar-refractivity contribution in [3.8, 4) is 0 Å². The predicted octanol–water partition coefficient (Wildman–Crippen LogP) is 5.03. The Morgan fingerprint density at radius 3 is 1.94 bits per heavy atom. The molecule has 1 aromatic carbocycles. The minimum atomic E-state index is -1.38. The molecule has 0 fully saturated rings. The summed E-state index contributed by atoms with van der Waals surface area (Å²) < 4.78 is 39.1. The van der Waals surface area contributed by atoms with Gasteiger partial charge in [0.2, 0.25) is 0 Å². The van der Waals surface area contributed by atoms with Crippen molar-refractivity contribution >= 4 is 0 Å². The van der Waals surface area contributed by atoms with E-state index in [1.165, 1.54) is 0 Å². The molecule has 0 heterocycles. The molecule has 1 aromatic rings. The van der Waals surface area contributed by atoms with Gasteiger partial charge in [0.15, 0.2) is 17.5 Å². The van der Waals surface area contributed by atoms with Crippen molar-refractivity contribution in [2.75, 3.05) is 0 Å². The first-order chi connectivity index (χ1) is 7.99. The van der Waals surface area contributed by atoms with Gasteiger partial charge < -0.3 is 0 Å². The summed E-state index contributed by atoms with van der Waals surface area (Å²) in [4.78, 5) is 0. The van der Waals surface area contributed by atoms with Gasteiger partial charge in [-0.3, -0.25) is 0 Å². The van der Waals surface area contributed by atoms with E-state index in [0.29, 0.717) is 11.5 Å². The average molecular weight is 244 g/mol. The van der Waals surface area contributed by atoms with Crippen LogP contribution in [-0.4, -0.2) is 0 Å². The third-order valence-electron chi connectivity index (χ3n) is 3.35. The molecule has 2 unspecified atom stereocenters. The molecule has 3 heteroatoms. The molecule has 0 bridgehead atoms. The van der Waals surface area contributed by atoms with Crippen molar-refractivity contribution in [3.63, 3.8) is 0 Å². The van der Waals surface area contributed by atoms with Gasteiger partial charge >= 0.3 is 0 Å². The zero-order chi connectivity index (χ0) is 13.0. The van der Waals surface area contributed by atoms with Crippen LogP contribution in [0.5, 0.6) is 0 Å². The Hall–Kier alpha value is -0.990. The van der Waals surface area contributed by atoms with Gasteiger partial charge in [-0.1, -0.05) is 27.2 Å². The molecule has 0 nitrogen and oxygen atoms in total. The first-order valence-corrected chi connectivity index (χ1v) is 6.13. The maximum Gasteiger partial charge on any atom is 0.194 e. The van der Waals surface area contributed by atoms with Crippen LogP contribution in [-0.2, 0) is 0 Å². The smallest absolute Gasteiger partial charge is 0.194 e. The zero-order valence-electron chi connectivity index (χ0n) is 10.6.